The number of fused-ring (bicyclic) bond motifs is 2. The van der Waals surface area contributed by atoms with Gasteiger partial charge < -0.3 is 15.0 Å². The quantitative estimate of drug-likeness (QED) is 0.403. The molecule has 2 saturated heterocycles. The lowest BCUT2D eigenvalue weighted by molar-refractivity contribution is -0.142. The van der Waals surface area contributed by atoms with Crippen LogP contribution in [0.2, 0.25) is 5.02 Å². The fraction of sp³-hybridized carbons (Fsp3) is 0.485. The van der Waals surface area contributed by atoms with Crippen molar-refractivity contribution in [3.05, 3.63) is 95.0 Å². The second-order valence-corrected chi connectivity index (χ2v) is 11.8. The van der Waals surface area contributed by atoms with Crippen molar-refractivity contribution in [2.75, 3.05) is 19.6 Å². The number of benzene rings is 2. The Kier molecular flexibility index (Phi) is 8.21. The molecule has 0 radical (unpaired) electrons. The Bertz CT molecular complexity index is 1230. The Hall–Kier alpha value is -2.63. The summed E-state index contributed by atoms with van der Waals surface area (Å²) in [5.41, 5.74) is 1.56. The number of nitrogens with zero attached hydrogens (tertiary/aromatic N) is 1. The normalized spacial score (nSPS) is 28.7. The van der Waals surface area contributed by atoms with Crippen molar-refractivity contribution in [1.29, 1.82) is 0 Å². The van der Waals surface area contributed by atoms with Crippen LogP contribution in [0.1, 0.15) is 62.1 Å². The third kappa shape index (κ3) is 4.93. The van der Waals surface area contributed by atoms with E-state index in [-0.39, 0.29) is 18.1 Å². The predicted octanol–water partition coefficient (Wildman–Crippen LogP) is 6.79. The van der Waals surface area contributed by atoms with E-state index in [1.807, 2.05) is 0 Å². The van der Waals surface area contributed by atoms with Crippen molar-refractivity contribution < 1.29 is 13.9 Å². The van der Waals surface area contributed by atoms with Crippen LogP contribution < -0.4 is 5.32 Å². The average Bonchev–Trinajstić information content (AvgIpc) is 3.33. The monoisotopic (exact) mass is 550 g/mol. The number of hydrogen-bond donors (Lipinski definition) is 1. The van der Waals surface area contributed by atoms with Gasteiger partial charge in [-0.25, -0.2) is 4.39 Å². The molecule has 5 unspecified atom stereocenters. The van der Waals surface area contributed by atoms with E-state index < -0.39 is 17.2 Å². The largest absolute Gasteiger partial charge is 0.490 e. The molecule has 0 aliphatic carbocycles. The highest BCUT2D eigenvalue weighted by molar-refractivity contribution is 6.30. The molecule has 1 amide bonds. The summed E-state index contributed by atoms with van der Waals surface area (Å²) in [7, 11) is 0. The molecule has 0 saturated carbocycles. The van der Waals surface area contributed by atoms with Gasteiger partial charge in [0.15, 0.2) is 0 Å². The predicted molar refractivity (Wildman–Crippen MR) is 155 cm³/mol. The summed E-state index contributed by atoms with van der Waals surface area (Å²) in [5, 5.41) is 3.76. The van der Waals surface area contributed by atoms with Gasteiger partial charge in [0, 0.05) is 42.7 Å². The molecule has 4 nitrogen and oxygen atoms in total. The summed E-state index contributed by atoms with van der Waals surface area (Å²) >= 11 is 6.31. The molecule has 1 N–H and O–H groups in total. The number of rotatable bonds is 6. The average molecular weight is 551 g/mol. The van der Waals surface area contributed by atoms with Crippen LogP contribution in [-0.4, -0.2) is 42.6 Å². The van der Waals surface area contributed by atoms with Crippen molar-refractivity contribution >= 4 is 17.5 Å². The van der Waals surface area contributed by atoms with Crippen LogP contribution in [0.15, 0.2) is 67.5 Å². The summed E-state index contributed by atoms with van der Waals surface area (Å²) in [5.74, 6) is 0.356. The van der Waals surface area contributed by atoms with Gasteiger partial charge in [0.1, 0.15) is 17.7 Å². The van der Waals surface area contributed by atoms with E-state index in [0.717, 1.165) is 31.2 Å². The van der Waals surface area contributed by atoms with E-state index in [1.165, 1.54) is 11.6 Å². The Balaban J connectivity index is 1.54. The van der Waals surface area contributed by atoms with E-state index in [9.17, 15) is 4.79 Å². The molecule has 5 rings (SSSR count). The van der Waals surface area contributed by atoms with Gasteiger partial charge in [0.2, 0.25) is 5.91 Å². The number of likely N-dealkylation sites (tertiary alicyclic amines) is 1. The fourth-order valence-electron chi connectivity index (χ4n) is 7.45. The van der Waals surface area contributed by atoms with Crippen LogP contribution in [-0.2, 0) is 21.4 Å². The lowest BCUT2D eigenvalue weighted by Gasteiger charge is -2.46. The Morgan fingerprint density at radius 1 is 1.28 bits per heavy atom. The number of hydrogen-bond acceptors (Lipinski definition) is 3. The summed E-state index contributed by atoms with van der Waals surface area (Å²) in [4.78, 5) is 16.8. The van der Waals surface area contributed by atoms with Crippen LogP contribution in [0.25, 0.3) is 0 Å². The molecule has 3 aliphatic heterocycles. The molecule has 208 valence electrons. The first-order valence-electron chi connectivity index (χ1n) is 14.4. The van der Waals surface area contributed by atoms with Crippen LogP contribution in [0, 0.1) is 17.7 Å². The summed E-state index contributed by atoms with van der Waals surface area (Å²) < 4.78 is 22.2. The zero-order valence-corrected chi connectivity index (χ0v) is 23.9. The Labute approximate surface area is 237 Å². The van der Waals surface area contributed by atoms with Gasteiger partial charge in [0.25, 0.3) is 0 Å². The van der Waals surface area contributed by atoms with E-state index in [0.29, 0.717) is 54.2 Å². The van der Waals surface area contributed by atoms with Gasteiger partial charge in [-0.1, -0.05) is 87.9 Å². The SMILES string of the molecule is C=CC1Cc2cc(Cl)cc(F)c2C2(CNCC2C(=O)N2CCC(c3ccccc3)CC2C(CC)CC)C(=C)O1. The van der Waals surface area contributed by atoms with Crippen LogP contribution in [0.4, 0.5) is 4.39 Å². The molecular weight excluding hydrogens is 511 g/mol. The molecule has 5 atom stereocenters. The van der Waals surface area contributed by atoms with E-state index >= 15 is 4.39 Å². The third-order valence-electron chi connectivity index (χ3n) is 9.50. The minimum Gasteiger partial charge on any atom is -0.490 e. The number of carbonyl (C=O) groups is 1. The summed E-state index contributed by atoms with van der Waals surface area (Å²) in [6.45, 7) is 14.2. The fourth-order valence-corrected chi connectivity index (χ4v) is 7.68. The molecule has 39 heavy (non-hydrogen) atoms. The number of nitrogens with one attached hydrogen (secondary N) is 1. The Morgan fingerprint density at radius 3 is 2.72 bits per heavy atom. The van der Waals surface area contributed by atoms with Gasteiger partial charge in [0.05, 0.1) is 11.3 Å². The maximum absolute atomic E-state index is 15.9. The van der Waals surface area contributed by atoms with Gasteiger partial charge in [-0.15, -0.1) is 0 Å². The lowest BCUT2D eigenvalue weighted by atomic mass is 9.68. The van der Waals surface area contributed by atoms with Crippen LogP contribution in [0.5, 0.6) is 0 Å². The van der Waals surface area contributed by atoms with E-state index in [2.05, 4.69) is 67.6 Å². The van der Waals surface area contributed by atoms with Crippen LogP contribution in [0.3, 0.4) is 0 Å². The van der Waals surface area contributed by atoms with Gasteiger partial charge in [-0.3, -0.25) is 4.79 Å². The highest BCUT2D eigenvalue weighted by Crippen LogP contribution is 2.49. The number of piperidine rings is 1. The number of ether oxygens (including phenoxy) is 1. The summed E-state index contributed by atoms with van der Waals surface area (Å²) in [6.07, 6.45) is 5.63. The maximum Gasteiger partial charge on any atom is 0.228 e. The second-order valence-electron chi connectivity index (χ2n) is 11.4. The van der Waals surface area contributed by atoms with Gasteiger partial charge in [-0.2, -0.15) is 0 Å². The zero-order chi connectivity index (χ0) is 27.7. The first-order chi connectivity index (χ1) is 18.8. The molecule has 6 heteroatoms. The highest BCUT2D eigenvalue weighted by Gasteiger charge is 2.56. The van der Waals surface area contributed by atoms with Crippen LogP contribution >= 0.6 is 11.6 Å². The molecule has 3 heterocycles. The van der Waals surface area contributed by atoms with Crippen molar-refractivity contribution in [3.8, 4) is 0 Å². The lowest BCUT2D eigenvalue weighted by Crippen LogP contribution is -2.55. The van der Waals surface area contributed by atoms with Crippen molar-refractivity contribution in [3.63, 3.8) is 0 Å². The second kappa shape index (κ2) is 11.5. The van der Waals surface area contributed by atoms with E-state index in [1.54, 1.807) is 12.1 Å². The molecule has 2 fully saturated rings. The van der Waals surface area contributed by atoms with Gasteiger partial charge in [-0.05, 0) is 47.9 Å². The highest BCUT2D eigenvalue weighted by atomic mass is 35.5. The molecule has 0 bridgehead atoms. The molecule has 1 spiro atoms. The molecule has 2 aromatic rings. The molecule has 0 aromatic heterocycles. The van der Waals surface area contributed by atoms with E-state index in [4.69, 9.17) is 16.3 Å². The first-order valence-corrected chi connectivity index (χ1v) is 14.7. The molecular formula is C33H40ClFN2O2. The molecule has 3 aliphatic rings. The topological polar surface area (TPSA) is 41.6 Å². The zero-order valence-electron chi connectivity index (χ0n) is 23.1. The standard InChI is InChI=1S/C33H40ClFN2O2/c1-5-22(6-2)30-17-24(23-11-9-8-10-12-23)13-14-37(30)32(38)28-19-36-20-33(28)21(4)39-27(7-3)16-25-15-26(34)18-29(35)31(25)33/h7-12,15,18,22,24,27-28,30,36H,3-6,13-14,16-17,19-20H2,1-2H3. The minimum absolute atomic E-state index is 0.0607. The van der Waals surface area contributed by atoms with Crippen molar-refractivity contribution in [2.45, 2.75) is 69.4 Å². The maximum atomic E-state index is 15.9. The Morgan fingerprint density at radius 2 is 2.03 bits per heavy atom. The summed E-state index contributed by atoms with van der Waals surface area (Å²) in [6, 6.07) is 13.9. The van der Waals surface area contributed by atoms with Gasteiger partial charge >= 0.3 is 0 Å². The number of halogens is 2. The van der Waals surface area contributed by atoms with Crippen molar-refractivity contribution in [2.24, 2.45) is 11.8 Å². The minimum atomic E-state index is -1.02. The smallest absolute Gasteiger partial charge is 0.228 e. The number of carbonyl (C=O) groups excluding carboxylic acids is 1. The third-order valence-corrected chi connectivity index (χ3v) is 9.71. The first kappa shape index (κ1) is 27.9. The van der Waals surface area contributed by atoms with Crippen molar-refractivity contribution in [1.82, 2.24) is 10.2 Å². The number of amides is 1. The molecule has 2 aromatic carbocycles.